The third-order valence-corrected chi connectivity index (χ3v) is 2.81. The minimum Gasteiger partial charge on any atom is -0.339 e. The van der Waals surface area contributed by atoms with Gasteiger partial charge in [0, 0.05) is 11.1 Å². The molecule has 2 heterocycles. The Bertz CT molecular complexity index is 673. The minimum atomic E-state index is -0.244. The third kappa shape index (κ3) is 1.89. The first kappa shape index (κ1) is 10.3. The van der Waals surface area contributed by atoms with Crippen LogP contribution in [-0.4, -0.2) is 9.97 Å². The molecule has 1 aromatic carbocycles. The maximum Gasteiger partial charge on any atom is 0.139 e. The summed E-state index contributed by atoms with van der Waals surface area (Å²) < 4.78 is 12.8. The highest BCUT2D eigenvalue weighted by Gasteiger charge is 2.04. The first-order chi connectivity index (χ1) is 8.22. The Morgan fingerprint density at radius 2 is 1.82 bits per heavy atom. The predicted molar refractivity (Wildman–Crippen MR) is 66.5 cm³/mol. The van der Waals surface area contributed by atoms with Crippen molar-refractivity contribution in [2.45, 2.75) is 0 Å². The van der Waals surface area contributed by atoms with Crippen LogP contribution in [0.3, 0.4) is 0 Å². The van der Waals surface area contributed by atoms with Crippen LogP contribution in [0.2, 0.25) is 5.15 Å². The molecule has 17 heavy (non-hydrogen) atoms. The van der Waals surface area contributed by atoms with E-state index in [0.29, 0.717) is 5.15 Å². The number of hydrogen-bond donors (Lipinski definition) is 1. The summed E-state index contributed by atoms with van der Waals surface area (Å²) in [6.45, 7) is 0. The monoisotopic (exact) mass is 246 g/mol. The van der Waals surface area contributed by atoms with Crippen LogP contribution < -0.4 is 0 Å². The smallest absolute Gasteiger partial charge is 0.139 e. The summed E-state index contributed by atoms with van der Waals surface area (Å²) >= 11 is 5.81. The number of nitrogens with zero attached hydrogens (tertiary/aromatic N) is 1. The zero-order valence-electron chi connectivity index (χ0n) is 8.74. The van der Waals surface area contributed by atoms with Gasteiger partial charge in [0.1, 0.15) is 16.6 Å². The van der Waals surface area contributed by atoms with E-state index in [-0.39, 0.29) is 5.82 Å². The number of pyridine rings is 1. The summed E-state index contributed by atoms with van der Waals surface area (Å²) in [5.41, 5.74) is 2.55. The number of aromatic amines is 1. The van der Waals surface area contributed by atoms with Gasteiger partial charge in [-0.3, -0.25) is 0 Å². The van der Waals surface area contributed by atoms with Crippen LogP contribution in [0.15, 0.2) is 42.5 Å². The molecule has 0 fully saturated rings. The van der Waals surface area contributed by atoms with Gasteiger partial charge in [-0.1, -0.05) is 11.6 Å². The second kappa shape index (κ2) is 3.86. The summed E-state index contributed by atoms with van der Waals surface area (Å²) in [5, 5.41) is 1.43. The van der Waals surface area contributed by atoms with Crippen LogP contribution in [0.4, 0.5) is 4.39 Å². The quantitative estimate of drug-likeness (QED) is 0.646. The van der Waals surface area contributed by atoms with Crippen molar-refractivity contribution in [1.82, 2.24) is 9.97 Å². The van der Waals surface area contributed by atoms with Crippen LogP contribution in [0.25, 0.3) is 22.3 Å². The lowest BCUT2D eigenvalue weighted by molar-refractivity contribution is 0.628. The lowest BCUT2D eigenvalue weighted by Gasteiger charge is -1.96. The van der Waals surface area contributed by atoms with Crippen LogP contribution >= 0.6 is 11.6 Å². The molecule has 0 unspecified atom stereocenters. The average molecular weight is 247 g/mol. The van der Waals surface area contributed by atoms with E-state index >= 15 is 0 Å². The van der Waals surface area contributed by atoms with Gasteiger partial charge < -0.3 is 4.98 Å². The number of H-pyrrole nitrogens is 1. The largest absolute Gasteiger partial charge is 0.339 e. The number of hydrogen-bond acceptors (Lipinski definition) is 1. The first-order valence-corrected chi connectivity index (χ1v) is 5.51. The van der Waals surface area contributed by atoms with Gasteiger partial charge >= 0.3 is 0 Å². The highest BCUT2D eigenvalue weighted by Crippen LogP contribution is 2.24. The number of rotatable bonds is 1. The second-order valence-electron chi connectivity index (χ2n) is 3.76. The highest BCUT2D eigenvalue weighted by molar-refractivity contribution is 6.29. The summed E-state index contributed by atoms with van der Waals surface area (Å²) in [7, 11) is 0. The van der Waals surface area contributed by atoms with Crippen LogP contribution in [0.5, 0.6) is 0 Å². The first-order valence-electron chi connectivity index (χ1n) is 5.13. The molecule has 0 saturated heterocycles. The van der Waals surface area contributed by atoms with Crippen molar-refractivity contribution < 1.29 is 4.39 Å². The number of fused-ring (bicyclic) bond motifs is 1. The van der Waals surface area contributed by atoms with Crippen molar-refractivity contribution in [3.05, 3.63) is 53.4 Å². The summed E-state index contributed by atoms with van der Waals surface area (Å²) in [5.74, 6) is -0.244. The molecule has 0 bridgehead atoms. The van der Waals surface area contributed by atoms with Crippen molar-refractivity contribution >= 4 is 22.6 Å². The number of aromatic nitrogens is 2. The molecule has 0 aliphatic carbocycles. The van der Waals surface area contributed by atoms with E-state index in [2.05, 4.69) is 9.97 Å². The molecule has 0 aliphatic rings. The van der Waals surface area contributed by atoms with Crippen molar-refractivity contribution in [2.24, 2.45) is 0 Å². The molecule has 0 aliphatic heterocycles. The minimum absolute atomic E-state index is 0.244. The van der Waals surface area contributed by atoms with E-state index in [9.17, 15) is 4.39 Å². The molecule has 0 atom stereocenters. The summed E-state index contributed by atoms with van der Waals surface area (Å²) in [4.78, 5) is 7.33. The standard InChI is InChI=1S/C13H8ClFN2/c14-12-6-3-9-7-11(16-13(9)17-12)8-1-4-10(15)5-2-8/h1-7H,(H,16,17). The fourth-order valence-electron chi connectivity index (χ4n) is 1.77. The molecular weight excluding hydrogens is 239 g/mol. The van der Waals surface area contributed by atoms with Gasteiger partial charge in [-0.2, -0.15) is 0 Å². The molecule has 84 valence electrons. The van der Waals surface area contributed by atoms with Crippen LogP contribution in [0, 0.1) is 5.82 Å². The van der Waals surface area contributed by atoms with Crippen molar-refractivity contribution in [1.29, 1.82) is 0 Å². The Kier molecular flexibility index (Phi) is 2.34. The van der Waals surface area contributed by atoms with E-state index in [0.717, 1.165) is 22.3 Å². The average Bonchev–Trinajstić information content (AvgIpc) is 2.72. The lowest BCUT2D eigenvalue weighted by atomic mass is 10.1. The van der Waals surface area contributed by atoms with Crippen molar-refractivity contribution in [2.75, 3.05) is 0 Å². The second-order valence-corrected chi connectivity index (χ2v) is 4.15. The molecule has 4 heteroatoms. The van der Waals surface area contributed by atoms with Gasteiger partial charge in [0.05, 0.1) is 0 Å². The molecule has 0 radical (unpaired) electrons. The zero-order valence-corrected chi connectivity index (χ0v) is 9.50. The van der Waals surface area contributed by atoms with Gasteiger partial charge in [0.25, 0.3) is 0 Å². The lowest BCUT2D eigenvalue weighted by Crippen LogP contribution is -1.79. The maximum atomic E-state index is 12.8. The SMILES string of the molecule is Fc1ccc(-c2cc3ccc(Cl)nc3[nH]2)cc1. The Hall–Kier alpha value is -1.87. The molecule has 0 spiro atoms. The molecule has 2 nitrogen and oxygen atoms in total. The van der Waals surface area contributed by atoms with Crippen LogP contribution in [-0.2, 0) is 0 Å². The van der Waals surface area contributed by atoms with Gasteiger partial charge in [-0.25, -0.2) is 9.37 Å². The van der Waals surface area contributed by atoms with E-state index in [1.54, 1.807) is 18.2 Å². The Balaban J connectivity index is 2.14. The fourth-order valence-corrected chi connectivity index (χ4v) is 1.91. The van der Waals surface area contributed by atoms with Crippen LogP contribution in [0.1, 0.15) is 0 Å². The molecule has 0 amide bonds. The maximum absolute atomic E-state index is 12.8. The van der Waals surface area contributed by atoms with Gasteiger partial charge in [0.2, 0.25) is 0 Å². The van der Waals surface area contributed by atoms with Crippen molar-refractivity contribution in [3.63, 3.8) is 0 Å². The van der Waals surface area contributed by atoms with E-state index in [1.807, 2.05) is 12.1 Å². The Labute approximate surface area is 102 Å². The number of benzene rings is 1. The Morgan fingerprint density at radius 3 is 2.59 bits per heavy atom. The topological polar surface area (TPSA) is 28.7 Å². The van der Waals surface area contributed by atoms with Crippen molar-refractivity contribution in [3.8, 4) is 11.3 Å². The molecule has 2 aromatic heterocycles. The highest BCUT2D eigenvalue weighted by atomic mass is 35.5. The zero-order chi connectivity index (χ0) is 11.8. The van der Waals surface area contributed by atoms with E-state index in [4.69, 9.17) is 11.6 Å². The molecule has 0 saturated carbocycles. The van der Waals surface area contributed by atoms with E-state index in [1.165, 1.54) is 12.1 Å². The van der Waals surface area contributed by atoms with Gasteiger partial charge in [0.15, 0.2) is 0 Å². The number of nitrogens with one attached hydrogen (secondary N) is 1. The summed E-state index contributed by atoms with van der Waals surface area (Å²) in [6.07, 6.45) is 0. The normalized spacial score (nSPS) is 10.9. The Morgan fingerprint density at radius 1 is 1.06 bits per heavy atom. The molecule has 3 aromatic rings. The third-order valence-electron chi connectivity index (χ3n) is 2.60. The summed E-state index contributed by atoms with van der Waals surface area (Å²) in [6, 6.07) is 11.9. The molecule has 3 rings (SSSR count). The number of halogens is 2. The van der Waals surface area contributed by atoms with E-state index < -0.39 is 0 Å². The fraction of sp³-hybridized carbons (Fsp3) is 0. The van der Waals surface area contributed by atoms with Gasteiger partial charge in [-0.05, 0) is 48.0 Å². The molecular formula is C13H8ClFN2. The van der Waals surface area contributed by atoms with Gasteiger partial charge in [-0.15, -0.1) is 0 Å². The predicted octanol–water partition coefficient (Wildman–Crippen LogP) is 4.02. The molecule has 1 N–H and O–H groups in total.